The Hall–Kier alpha value is -6.86. The third kappa shape index (κ3) is 16.8. The second-order valence-corrected chi connectivity index (χ2v) is 22.6. The summed E-state index contributed by atoms with van der Waals surface area (Å²) in [5, 5.41) is 23.4. The lowest BCUT2D eigenvalue weighted by Crippen LogP contribution is -2.75. The van der Waals surface area contributed by atoms with E-state index >= 15 is 0 Å². The number of benzene rings is 1. The minimum absolute atomic E-state index is 0.0455. The molecule has 26 heteroatoms. The lowest BCUT2D eigenvalue weighted by molar-refractivity contribution is -0.206. The molecule has 1 spiro atoms. The minimum Gasteiger partial charge on any atom is -0.504 e. The Labute approximate surface area is 443 Å². The molecule has 1 aromatic rings. The third-order valence-electron chi connectivity index (χ3n) is 11.7. The van der Waals surface area contributed by atoms with Gasteiger partial charge in [0, 0.05) is 25.1 Å². The van der Waals surface area contributed by atoms with Gasteiger partial charge >= 0.3 is 48.3 Å². The summed E-state index contributed by atoms with van der Waals surface area (Å²) in [5.74, 6) is -7.55. The summed E-state index contributed by atoms with van der Waals surface area (Å²) in [4.78, 5) is 116. The molecule has 23 nitrogen and oxygen atoms in total. The number of carbonyl (C=O) groups is 9. The second kappa shape index (κ2) is 23.8. The predicted molar refractivity (Wildman–Crippen MR) is 259 cm³/mol. The molecule has 2 bridgehead atoms. The summed E-state index contributed by atoms with van der Waals surface area (Å²) >= 11 is 0. The first kappa shape index (κ1) is 62.7. The first-order valence-corrected chi connectivity index (χ1v) is 24.6. The van der Waals surface area contributed by atoms with E-state index < -0.39 is 131 Å². The molecule has 4 N–H and O–H groups in total. The fourth-order valence-electron chi connectivity index (χ4n) is 9.07. The third-order valence-corrected chi connectivity index (χ3v) is 11.7. The number of hydrogen-bond acceptors (Lipinski definition) is 20. The number of halogens is 3. The van der Waals surface area contributed by atoms with Crippen LogP contribution in [0.4, 0.5) is 22.8 Å². The molecule has 430 valence electrons. The van der Waals surface area contributed by atoms with Gasteiger partial charge in [0.05, 0.1) is 37.1 Å². The van der Waals surface area contributed by atoms with Crippen molar-refractivity contribution in [3.8, 4) is 11.5 Å². The van der Waals surface area contributed by atoms with Crippen LogP contribution in [0.1, 0.15) is 133 Å². The number of likely N-dealkylation sites (N-methyl/N-ethyl adjacent to an activating group) is 1. The van der Waals surface area contributed by atoms with Gasteiger partial charge in [-0.3, -0.25) is 33.7 Å². The van der Waals surface area contributed by atoms with Crippen molar-refractivity contribution in [3.05, 3.63) is 35.1 Å². The molecule has 1 fully saturated rings. The van der Waals surface area contributed by atoms with Crippen LogP contribution in [0, 0.1) is 0 Å². The Balaban J connectivity index is 0.00000171. The van der Waals surface area contributed by atoms with Crippen molar-refractivity contribution >= 4 is 54.0 Å². The number of carbonyl (C=O) groups excluding carboxylic acids is 8. The van der Waals surface area contributed by atoms with E-state index in [1.54, 1.807) is 95.2 Å². The van der Waals surface area contributed by atoms with Gasteiger partial charge in [0.15, 0.2) is 29.8 Å². The van der Waals surface area contributed by atoms with Crippen molar-refractivity contribution in [2.24, 2.45) is 0 Å². The zero-order valence-corrected chi connectivity index (χ0v) is 45.4. The lowest BCUT2D eigenvalue weighted by Gasteiger charge is -2.62. The Morgan fingerprint density at radius 2 is 1.17 bits per heavy atom. The van der Waals surface area contributed by atoms with E-state index in [2.05, 4.69) is 15.5 Å². The molecular weight excluding hydrogens is 1030 g/mol. The average molecular weight is 1100 g/mol. The molecule has 2 amide bonds. The molecule has 0 unspecified atom stereocenters. The maximum absolute atomic E-state index is 14.1. The number of phenolic OH excluding ortho intramolecular Hbond substituents is 1. The molecule has 1 aromatic carbocycles. The van der Waals surface area contributed by atoms with Crippen molar-refractivity contribution in [2.45, 2.75) is 192 Å². The lowest BCUT2D eigenvalue weighted by atomic mass is 9.50. The summed E-state index contributed by atoms with van der Waals surface area (Å²) in [6.45, 7) is 19.4. The van der Waals surface area contributed by atoms with Crippen LogP contribution in [0.15, 0.2) is 24.0 Å². The monoisotopic (exact) mass is 1100 g/mol. The highest BCUT2D eigenvalue weighted by Gasteiger charge is 2.74. The number of hydrogen-bond donors (Lipinski definition) is 4. The number of aliphatic carboxylic acids is 1. The molecule has 2 heterocycles. The van der Waals surface area contributed by atoms with Crippen molar-refractivity contribution in [3.63, 3.8) is 0 Å². The Bertz CT molecular complexity index is 2410. The van der Waals surface area contributed by atoms with Gasteiger partial charge in [0.2, 0.25) is 0 Å². The van der Waals surface area contributed by atoms with Gasteiger partial charge in [-0.25, -0.2) is 14.4 Å². The molecular formula is C51H70F3N3O20. The summed E-state index contributed by atoms with van der Waals surface area (Å²) in [5.41, 5.74) is -4.74. The zero-order valence-electron chi connectivity index (χ0n) is 45.4. The van der Waals surface area contributed by atoms with E-state index in [4.69, 9.17) is 52.5 Å². The van der Waals surface area contributed by atoms with E-state index in [-0.39, 0.29) is 49.6 Å². The largest absolute Gasteiger partial charge is 0.509 e. The zero-order chi connectivity index (χ0) is 58.4. The fourth-order valence-corrected chi connectivity index (χ4v) is 9.07. The number of nitrogens with one attached hydrogen (secondary N) is 2. The molecule has 2 aliphatic carbocycles. The van der Waals surface area contributed by atoms with Crippen LogP contribution in [-0.2, 0) is 83.3 Å². The second-order valence-electron chi connectivity index (χ2n) is 22.6. The maximum Gasteiger partial charge on any atom is 0.509 e. The molecule has 0 aromatic heterocycles. The SMILES string of the molecule is CN1CC[C@]23c4c5ccc(O)c4O[C@H]2C(OC(=O)CCNC(=O)[C@H](CC(=O)OC(C)(C)C)OC(=O)OC(C)(C)C)=CC[C@@]3(OC(=O)CCNC(=O)[C@H](CC(=O)OC(C)(C)C)OC(=O)OC(C)(C)C)[C@H]1C5.O=C(O)C(F)(F)F. The van der Waals surface area contributed by atoms with Crippen molar-refractivity contribution in [2.75, 3.05) is 26.7 Å². The van der Waals surface area contributed by atoms with Gasteiger partial charge in [-0.2, -0.15) is 13.2 Å². The number of ether oxygens (including phenoxy) is 9. The number of phenols is 1. The first-order valence-electron chi connectivity index (χ1n) is 24.6. The van der Waals surface area contributed by atoms with Crippen molar-refractivity contribution in [1.29, 1.82) is 0 Å². The van der Waals surface area contributed by atoms with Gasteiger partial charge in [-0.1, -0.05) is 6.07 Å². The Morgan fingerprint density at radius 1 is 0.714 bits per heavy atom. The number of nitrogens with zero attached hydrogens (tertiary/aromatic N) is 1. The number of likely N-dealkylation sites (tertiary alicyclic amines) is 1. The number of piperidine rings is 1. The van der Waals surface area contributed by atoms with Gasteiger partial charge < -0.3 is 63.5 Å². The Morgan fingerprint density at radius 3 is 1.61 bits per heavy atom. The molecule has 0 radical (unpaired) electrons. The van der Waals surface area contributed by atoms with E-state index in [1.807, 2.05) is 7.05 Å². The van der Waals surface area contributed by atoms with Gasteiger partial charge in [0.25, 0.3) is 11.8 Å². The van der Waals surface area contributed by atoms with E-state index in [1.165, 1.54) is 6.07 Å². The van der Waals surface area contributed by atoms with Crippen LogP contribution in [-0.4, -0.2) is 154 Å². The molecule has 1 saturated heterocycles. The first-order chi connectivity index (χ1) is 35.2. The topological polar surface area (TPSA) is 304 Å². The van der Waals surface area contributed by atoms with Crippen LogP contribution < -0.4 is 15.4 Å². The van der Waals surface area contributed by atoms with Gasteiger partial charge in [-0.15, -0.1) is 0 Å². The van der Waals surface area contributed by atoms with Crippen LogP contribution in [0.2, 0.25) is 0 Å². The number of amides is 2. The number of esters is 4. The molecule has 6 atom stereocenters. The number of rotatable bonds is 16. The molecule has 77 heavy (non-hydrogen) atoms. The van der Waals surface area contributed by atoms with Crippen LogP contribution in [0.5, 0.6) is 11.5 Å². The smallest absolute Gasteiger partial charge is 0.504 e. The number of aromatic hydroxyl groups is 1. The summed E-state index contributed by atoms with van der Waals surface area (Å²) < 4.78 is 82.3. The summed E-state index contributed by atoms with van der Waals surface area (Å²) in [6, 6.07) is 2.88. The highest BCUT2D eigenvalue weighted by Crippen LogP contribution is 2.66. The molecule has 5 rings (SSSR count). The quantitative estimate of drug-likeness (QED) is 0.117. The predicted octanol–water partition coefficient (Wildman–Crippen LogP) is 5.51. The van der Waals surface area contributed by atoms with Crippen molar-refractivity contribution in [1.82, 2.24) is 15.5 Å². The highest BCUT2D eigenvalue weighted by atomic mass is 19.4. The number of carboxylic acid groups (broad SMARTS) is 1. The van der Waals surface area contributed by atoms with E-state index in [0.717, 1.165) is 5.56 Å². The van der Waals surface area contributed by atoms with Crippen LogP contribution in [0.3, 0.4) is 0 Å². The van der Waals surface area contributed by atoms with E-state index in [0.29, 0.717) is 24.9 Å². The summed E-state index contributed by atoms with van der Waals surface area (Å²) in [7, 11) is 1.91. The van der Waals surface area contributed by atoms with Crippen molar-refractivity contribution < 1.29 is 109 Å². The highest BCUT2D eigenvalue weighted by molar-refractivity contribution is 5.88. The summed E-state index contributed by atoms with van der Waals surface area (Å²) in [6.07, 6.45) is -11.4. The van der Waals surface area contributed by atoms with Crippen LogP contribution in [0.25, 0.3) is 0 Å². The maximum atomic E-state index is 14.1. The normalized spacial score (nSPS) is 21.3. The Kier molecular flexibility index (Phi) is 19.4. The molecule has 4 aliphatic rings. The molecule has 2 aliphatic heterocycles. The fraction of sp³-hybridized carbons (Fsp3) is 0.667. The van der Waals surface area contributed by atoms with Gasteiger partial charge in [0.1, 0.15) is 33.8 Å². The van der Waals surface area contributed by atoms with Gasteiger partial charge in [-0.05, 0) is 127 Å². The van der Waals surface area contributed by atoms with Crippen LogP contribution >= 0.6 is 0 Å². The van der Waals surface area contributed by atoms with E-state index in [9.17, 15) is 56.6 Å². The molecule has 0 saturated carbocycles. The standard InChI is InChI=1S/C49H69N3O18.C2HF3O2/c1-44(2,3)66-35(56)25-30(63-42(60)69-46(7,8)9)40(58)50-21-17-33(54)62-29-16-19-49(32-24-27-14-15-28(53)38-37(27)48(49,39(29)65-38)20-23-52(32)13)68-34(55)18-22-51-41(59)31(26-36(57)67-45(4,5)6)64-43(61)70-47(10,11)12;3-2(4,5)1(6)7/h14-16,30-32,39,53H,17-26H2,1-13H3,(H,50,58)(H,51,59);(H,6,7)/t30-,31-,32+,39-,48-,49+;/m0./s1. The minimum atomic E-state index is -5.08. The number of carboxylic acids is 1. The number of alkyl halides is 3. The average Bonchev–Trinajstić information content (AvgIpc) is 3.60.